The van der Waals surface area contributed by atoms with E-state index in [0.29, 0.717) is 6.04 Å². The van der Waals surface area contributed by atoms with Crippen LogP contribution >= 0.6 is 0 Å². The second-order valence-electron chi connectivity index (χ2n) is 5.95. The van der Waals surface area contributed by atoms with Crippen LogP contribution in [0.5, 0.6) is 0 Å². The Labute approximate surface area is 122 Å². The summed E-state index contributed by atoms with van der Waals surface area (Å²) in [5, 5.41) is 3.56. The first-order valence-electron chi connectivity index (χ1n) is 7.90. The second kappa shape index (κ2) is 7.75. The van der Waals surface area contributed by atoms with Crippen LogP contribution in [0.15, 0.2) is 18.2 Å². The van der Waals surface area contributed by atoms with Gasteiger partial charge in [0.25, 0.3) is 0 Å². The largest absolute Gasteiger partial charge is 0.313 e. The van der Waals surface area contributed by atoms with E-state index in [2.05, 4.69) is 24.1 Å². The molecule has 20 heavy (non-hydrogen) atoms. The van der Waals surface area contributed by atoms with Gasteiger partial charge in [-0.3, -0.25) is 4.90 Å². The van der Waals surface area contributed by atoms with E-state index in [9.17, 15) is 4.39 Å². The third kappa shape index (κ3) is 4.57. The van der Waals surface area contributed by atoms with Crippen molar-refractivity contribution in [3.05, 3.63) is 35.1 Å². The molecule has 112 valence electrons. The molecule has 0 saturated carbocycles. The predicted molar refractivity (Wildman–Crippen MR) is 82.3 cm³/mol. The molecule has 2 nitrogen and oxygen atoms in total. The second-order valence-corrected chi connectivity index (χ2v) is 5.95. The van der Waals surface area contributed by atoms with Crippen molar-refractivity contribution in [2.24, 2.45) is 0 Å². The van der Waals surface area contributed by atoms with Gasteiger partial charge in [-0.25, -0.2) is 4.39 Å². The van der Waals surface area contributed by atoms with Gasteiger partial charge < -0.3 is 5.32 Å². The lowest BCUT2D eigenvalue weighted by Crippen LogP contribution is -2.37. The highest BCUT2D eigenvalue weighted by atomic mass is 19.1. The van der Waals surface area contributed by atoms with E-state index in [1.165, 1.54) is 31.2 Å². The fraction of sp³-hybridized carbons (Fsp3) is 0.647. The molecule has 1 heterocycles. The van der Waals surface area contributed by atoms with Crippen LogP contribution in [-0.2, 0) is 6.54 Å². The summed E-state index contributed by atoms with van der Waals surface area (Å²) in [7, 11) is 0. The standard InChI is InChI=1S/C17H27FN2/c1-3-4-10-20(13-17-6-5-9-19-17)12-15-11-16(18)8-7-14(15)2/h7-8,11,17,19H,3-6,9-10,12-13H2,1-2H3. The van der Waals surface area contributed by atoms with Crippen molar-refractivity contribution in [1.29, 1.82) is 0 Å². The Bertz CT molecular complexity index is 413. The third-order valence-electron chi connectivity index (χ3n) is 4.17. The van der Waals surface area contributed by atoms with E-state index in [0.717, 1.165) is 31.7 Å². The van der Waals surface area contributed by atoms with Crippen molar-refractivity contribution < 1.29 is 4.39 Å². The van der Waals surface area contributed by atoms with Crippen LogP contribution in [0.3, 0.4) is 0 Å². The summed E-state index contributed by atoms with van der Waals surface area (Å²) >= 11 is 0. The van der Waals surface area contributed by atoms with E-state index >= 15 is 0 Å². The molecule has 2 rings (SSSR count). The molecule has 1 aliphatic heterocycles. The third-order valence-corrected chi connectivity index (χ3v) is 4.17. The van der Waals surface area contributed by atoms with E-state index in [1.54, 1.807) is 12.1 Å². The van der Waals surface area contributed by atoms with Gasteiger partial charge in [-0.1, -0.05) is 19.4 Å². The maximum Gasteiger partial charge on any atom is 0.123 e. The van der Waals surface area contributed by atoms with E-state index in [4.69, 9.17) is 0 Å². The molecular weight excluding hydrogens is 251 g/mol. The first-order valence-corrected chi connectivity index (χ1v) is 7.90. The monoisotopic (exact) mass is 278 g/mol. The summed E-state index contributed by atoms with van der Waals surface area (Å²) in [6, 6.07) is 5.74. The van der Waals surface area contributed by atoms with Gasteiger partial charge >= 0.3 is 0 Å². The number of unbranched alkanes of at least 4 members (excludes halogenated alkanes) is 1. The maximum absolute atomic E-state index is 13.4. The summed E-state index contributed by atoms with van der Waals surface area (Å²) < 4.78 is 13.4. The molecule has 1 fully saturated rings. The minimum atomic E-state index is -0.125. The highest BCUT2D eigenvalue weighted by Crippen LogP contribution is 2.15. The SMILES string of the molecule is CCCCN(Cc1cc(F)ccc1C)CC1CCCN1. The lowest BCUT2D eigenvalue weighted by molar-refractivity contribution is 0.237. The number of halogens is 1. The van der Waals surface area contributed by atoms with Gasteiger partial charge in [0.2, 0.25) is 0 Å². The number of rotatable bonds is 7. The Morgan fingerprint density at radius 3 is 2.95 bits per heavy atom. The number of nitrogens with zero attached hydrogens (tertiary/aromatic N) is 1. The molecule has 1 N–H and O–H groups in total. The van der Waals surface area contributed by atoms with Crippen molar-refractivity contribution in [3.8, 4) is 0 Å². The molecule has 0 radical (unpaired) electrons. The zero-order valence-corrected chi connectivity index (χ0v) is 12.8. The zero-order valence-electron chi connectivity index (χ0n) is 12.8. The van der Waals surface area contributed by atoms with Gasteiger partial charge in [-0.05, 0) is 62.5 Å². The number of hydrogen-bond acceptors (Lipinski definition) is 2. The summed E-state index contributed by atoms with van der Waals surface area (Å²) in [4.78, 5) is 2.48. The van der Waals surface area contributed by atoms with Crippen molar-refractivity contribution in [2.45, 2.75) is 52.1 Å². The number of nitrogens with one attached hydrogen (secondary N) is 1. The summed E-state index contributed by atoms with van der Waals surface area (Å²) in [5.41, 5.74) is 2.31. The van der Waals surface area contributed by atoms with Crippen molar-refractivity contribution in [3.63, 3.8) is 0 Å². The summed E-state index contributed by atoms with van der Waals surface area (Å²) in [5.74, 6) is -0.125. The number of hydrogen-bond donors (Lipinski definition) is 1. The van der Waals surface area contributed by atoms with Crippen LogP contribution in [0.25, 0.3) is 0 Å². The Morgan fingerprint density at radius 1 is 1.40 bits per heavy atom. The maximum atomic E-state index is 13.4. The Hall–Kier alpha value is -0.930. The average Bonchev–Trinajstić information content (AvgIpc) is 2.93. The van der Waals surface area contributed by atoms with Crippen molar-refractivity contribution >= 4 is 0 Å². The molecule has 0 aromatic heterocycles. The van der Waals surface area contributed by atoms with Crippen LogP contribution in [0, 0.1) is 12.7 Å². The molecule has 0 aliphatic carbocycles. The first kappa shape index (κ1) is 15.5. The quantitative estimate of drug-likeness (QED) is 0.821. The normalized spacial score (nSPS) is 18.9. The van der Waals surface area contributed by atoms with Crippen LogP contribution < -0.4 is 5.32 Å². The Morgan fingerprint density at radius 2 is 2.25 bits per heavy atom. The average molecular weight is 278 g/mol. The molecular formula is C17H27FN2. The van der Waals surface area contributed by atoms with Crippen LogP contribution in [-0.4, -0.2) is 30.6 Å². The van der Waals surface area contributed by atoms with Gasteiger partial charge in [0.15, 0.2) is 0 Å². The molecule has 0 bridgehead atoms. The number of aryl methyl sites for hydroxylation is 1. The molecule has 0 spiro atoms. The highest BCUT2D eigenvalue weighted by molar-refractivity contribution is 5.26. The van der Waals surface area contributed by atoms with Gasteiger partial charge in [0.05, 0.1) is 0 Å². The molecule has 0 amide bonds. The van der Waals surface area contributed by atoms with Gasteiger partial charge in [-0.15, -0.1) is 0 Å². The fourth-order valence-corrected chi connectivity index (χ4v) is 2.89. The van der Waals surface area contributed by atoms with Crippen LogP contribution in [0.2, 0.25) is 0 Å². The minimum Gasteiger partial charge on any atom is -0.313 e. The van der Waals surface area contributed by atoms with Crippen molar-refractivity contribution in [1.82, 2.24) is 10.2 Å². The van der Waals surface area contributed by atoms with E-state index in [-0.39, 0.29) is 5.82 Å². The molecule has 1 aromatic rings. The van der Waals surface area contributed by atoms with E-state index in [1.807, 2.05) is 6.07 Å². The topological polar surface area (TPSA) is 15.3 Å². The lowest BCUT2D eigenvalue weighted by Gasteiger charge is -2.26. The van der Waals surface area contributed by atoms with Gasteiger partial charge in [0, 0.05) is 19.1 Å². The Kier molecular flexibility index (Phi) is 5.99. The predicted octanol–water partition coefficient (Wildman–Crippen LogP) is 3.49. The molecule has 1 aliphatic rings. The van der Waals surface area contributed by atoms with Crippen molar-refractivity contribution in [2.75, 3.05) is 19.6 Å². The molecule has 1 saturated heterocycles. The molecule has 3 heteroatoms. The zero-order chi connectivity index (χ0) is 14.4. The van der Waals surface area contributed by atoms with Gasteiger partial charge in [-0.2, -0.15) is 0 Å². The molecule has 1 aromatic carbocycles. The van der Waals surface area contributed by atoms with Crippen LogP contribution in [0.1, 0.15) is 43.7 Å². The molecule has 1 unspecified atom stereocenters. The first-order chi connectivity index (χ1) is 9.69. The summed E-state index contributed by atoms with van der Waals surface area (Å²) in [6.07, 6.45) is 4.97. The number of benzene rings is 1. The fourth-order valence-electron chi connectivity index (χ4n) is 2.89. The lowest BCUT2D eigenvalue weighted by atomic mass is 10.1. The summed E-state index contributed by atoms with van der Waals surface area (Å²) in [6.45, 7) is 8.48. The van der Waals surface area contributed by atoms with Crippen LogP contribution in [0.4, 0.5) is 4.39 Å². The smallest absolute Gasteiger partial charge is 0.123 e. The van der Waals surface area contributed by atoms with E-state index < -0.39 is 0 Å². The Balaban J connectivity index is 1.99. The minimum absolute atomic E-state index is 0.125. The molecule has 1 atom stereocenters. The highest BCUT2D eigenvalue weighted by Gasteiger charge is 2.18. The van der Waals surface area contributed by atoms with Gasteiger partial charge in [0.1, 0.15) is 5.82 Å².